The van der Waals surface area contributed by atoms with E-state index in [0.717, 1.165) is 0 Å². The van der Waals surface area contributed by atoms with Gasteiger partial charge in [0.25, 0.3) is 5.69 Å². The summed E-state index contributed by atoms with van der Waals surface area (Å²) in [7, 11) is 0. The highest BCUT2D eigenvalue weighted by Gasteiger charge is 2.08. The molecule has 1 N–H and O–H groups in total. The molecule has 2 aromatic rings. The Labute approximate surface area is 132 Å². The highest BCUT2D eigenvalue weighted by molar-refractivity contribution is 6.07. The van der Waals surface area contributed by atoms with Gasteiger partial charge in [0.05, 0.1) is 10.6 Å². The number of carbonyl (C=O) groups is 2. The van der Waals surface area contributed by atoms with Crippen molar-refractivity contribution in [3.63, 3.8) is 0 Å². The number of rotatable bonds is 5. The summed E-state index contributed by atoms with van der Waals surface area (Å²) in [6.07, 6.45) is 2.84. The van der Waals surface area contributed by atoms with Gasteiger partial charge in [-0.2, -0.15) is 0 Å². The topological polar surface area (TPSA) is 89.3 Å². The molecule has 0 heterocycles. The van der Waals surface area contributed by atoms with E-state index in [1.54, 1.807) is 36.4 Å². The number of nitrogens with one attached hydrogen (secondary N) is 1. The molecule has 0 fully saturated rings. The van der Waals surface area contributed by atoms with Crippen molar-refractivity contribution in [2.24, 2.45) is 0 Å². The monoisotopic (exact) mass is 310 g/mol. The van der Waals surface area contributed by atoms with Crippen LogP contribution in [-0.4, -0.2) is 16.6 Å². The van der Waals surface area contributed by atoms with Crippen LogP contribution in [0.15, 0.2) is 54.6 Å². The van der Waals surface area contributed by atoms with Gasteiger partial charge >= 0.3 is 0 Å². The maximum absolute atomic E-state index is 11.9. The molecule has 0 aliphatic carbocycles. The van der Waals surface area contributed by atoms with Gasteiger partial charge in [-0.25, -0.2) is 0 Å². The molecule has 0 bridgehead atoms. The Bertz CT molecular complexity index is 779. The summed E-state index contributed by atoms with van der Waals surface area (Å²) >= 11 is 0. The Balaban J connectivity index is 2.07. The first-order valence-corrected chi connectivity index (χ1v) is 6.81. The van der Waals surface area contributed by atoms with Crippen LogP contribution in [0.1, 0.15) is 22.8 Å². The van der Waals surface area contributed by atoms with E-state index >= 15 is 0 Å². The molecule has 116 valence electrons. The lowest BCUT2D eigenvalue weighted by atomic mass is 10.1. The predicted molar refractivity (Wildman–Crippen MR) is 87.2 cm³/mol. The molecule has 6 nitrogen and oxygen atoms in total. The van der Waals surface area contributed by atoms with E-state index in [-0.39, 0.29) is 11.5 Å². The molecule has 0 aliphatic heterocycles. The second-order valence-corrected chi connectivity index (χ2v) is 4.77. The van der Waals surface area contributed by atoms with Gasteiger partial charge in [-0.3, -0.25) is 19.7 Å². The number of non-ortho nitro benzene ring substituents is 1. The highest BCUT2D eigenvalue weighted by Crippen LogP contribution is 2.16. The van der Waals surface area contributed by atoms with E-state index in [1.807, 2.05) is 0 Å². The molecule has 0 unspecified atom stereocenters. The molecular formula is C17H14N2O4. The predicted octanol–water partition coefficient (Wildman–Crippen LogP) is 3.45. The fraction of sp³-hybridized carbons (Fsp3) is 0.0588. The van der Waals surface area contributed by atoms with Crippen LogP contribution in [0.25, 0.3) is 6.08 Å². The Kier molecular flexibility index (Phi) is 4.99. The molecule has 0 atom stereocenters. The zero-order valence-electron chi connectivity index (χ0n) is 12.4. The van der Waals surface area contributed by atoms with Crippen molar-refractivity contribution in [3.8, 4) is 0 Å². The SMILES string of the molecule is CC(=O)c1ccccc1NC(=O)/C=C/c1ccc([N+](=O)[O-])cc1. The number of anilines is 1. The number of nitro benzene ring substituents is 1. The highest BCUT2D eigenvalue weighted by atomic mass is 16.6. The van der Waals surface area contributed by atoms with Crippen LogP contribution < -0.4 is 5.32 Å². The van der Waals surface area contributed by atoms with Gasteiger partial charge < -0.3 is 5.32 Å². The minimum atomic E-state index is -0.487. The third-order valence-electron chi connectivity index (χ3n) is 3.10. The summed E-state index contributed by atoms with van der Waals surface area (Å²) in [6, 6.07) is 12.6. The van der Waals surface area contributed by atoms with Crippen LogP contribution >= 0.6 is 0 Å². The van der Waals surface area contributed by atoms with E-state index in [2.05, 4.69) is 5.32 Å². The van der Waals surface area contributed by atoms with Gasteiger partial charge in [-0.05, 0) is 42.8 Å². The van der Waals surface area contributed by atoms with Crippen LogP contribution in [0.5, 0.6) is 0 Å². The standard InChI is InChI=1S/C17H14N2O4/c1-12(20)15-4-2-3-5-16(15)18-17(21)11-8-13-6-9-14(10-7-13)19(22)23/h2-11H,1H3,(H,18,21)/b11-8+. The number of hydrogen-bond acceptors (Lipinski definition) is 4. The van der Waals surface area contributed by atoms with Gasteiger partial charge in [0.1, 0.15) is 0 Å². The molecule has 2 aromatic carbocycles. The lowest BCUT2D eigenvalue weighted by molar-refractivity contribution is -0.384. The summed E-state index contributed by atoms with van der Waals surface area (Å²) in [5.41, 5.74) is 1.52. The van der Waals surface area contributed by atoms with Gasteiger partial charge in [0, 0.05) is 23.8 Å². The maximum Gasteiger partial charge on any atom is 0.269 e. The molecule has 0 saturated carbocycles. The van der Waals surface area contributed by atoms with Gasteiger partial charge in [0.15, 0.2) is 5.78 Å². The van der Waals surface area contributed by atoms with Crippen LogP contribution in [-0.2, 0) is 4.79 Å². The van der Waals surface area contributed by atoms with Crippen LogP contribution in [0.3, 0.4) is 0 Å². The Morgan fingerprint density at radius 2 is 1.74 bits per heavy atom. The zero-order chi connectivity index (χ0) is 16.8. The smallest absolute Gasteiger partial charge is 0.269 e. The summed E-state index contributed by atoms with van der Waals surface area (Å²) in [5.74, 6) is -0.530. The third kappa shape index (κ3) is 4.34. The van der Waals surface area contributed by atoms with E-state index < -0.39 is 10.8 Å². The third-order valence-corrected chi connectivity index (χ3v) is 3.10. The molecule has 0 spiro atoms. The Morgan fingerprint density at radius 3 is 2.35 bits per heavy atom. The molecule has 1 amide bonds. The first-order chi connectivity index (χ1) is 11.0. The summed E-state index contributed by atoms with van der Waals surface area (Å²) < 4.78 is 0. The van der Waals surface area contributed by atoms with Gasteiger partial charge in [-0.15, -0.1) is 0 Å². The average molecular weight is 310 g/mol. The number of hydrogen-bond donors (Lipinski definition) is 1. The van der Waals surface area contributed by atoms with Crippen LogP contribution in [0, 0.1) is 10.1 Å². The van der Waals surface area contributed by atoms with Crippen molar-refractivity contribution in [2.75, 3.05) is 5.32 Å². The summed E-state index contributed by atoms with van der Waals surface area (Å²) in [4.78, 5) is 33.5. The molecule has 0 aromatic heterocycles. The summed E-state index contributed by atoms with van der Waals surface area (Å²) in [5, 5.41) is 13.2. The van der Waals surface area contributed by atoms with Crippen molar-refractivity contribution in [1.29, 1.82) is 0 Å². The molecule has 0 radical (unpaired) electrons. The second-order valence-electron chi connectivity index (χ2n) is 4.77. The number of ketones is 1. The molecule has 0 aliphatic rings. The van der Waals surface area contributed by atoms with Gasteiger partial charge in [-0.1, -0.05) is 12.1 Å². The Hall–Kier alpha value is -3.28. The lowest BCUT2D eigenvalue weighted by Gasteiger charge is -2.06. The van der Waals surface area contributed by atoms with Crippen molar-refractivity contribution in [2.45, 2.75) is 6.92 Å². The van der Waals surface area contributed by atoms with Crippen molar-refractivity contribution < 1.29 is 14.5 Å². The van der Waals surface area contributed by atoms with Crippen molar-refractivity contribution in [3.05, 3.63) is 75.8 Å². The fourth-order valence-electron chi connectivity index (χ4n) is 1.95. The number of nitrogens with zero attached hydrogens (tertiary/aromatic N) is 1. The molecule has 23 heavy (non-hydrogen) atoms. The minimum Gasteiger partial charge on any atom is -0.322 e. The molecular weight excluding hydrogens is 296 g/mol. The van der Waals surface area contributed by atoms with Crippen LogP contribution in [0.2, 0.25) is 0 Å². The number of carbonyl (C=O) groups excluding carboxylic acids is 2. The fourth-order valence-corrected chi connectivity index (χ4v) is 1.95. The quantitative estimate of drug-likeness (QED) is 0.396. The first-order valence-electron chi connectivity index (χ1n) is 6.81. The maximum atomic E-state index is 11.9. The van der Waals surface area contributed by atoms with E-state index in [9.17, 15) is 19.7 Å². The minimum absolute atomic E-state index is 0.0120. The largest absolute Gasteiger partial charge is 0.322 e. The van der Waals surface area contributed by atoms with E-state index in [0.29, 0.717) is 16.8 Å². The number of nitro groups is 1. The number of benzene rings is 2. The van der Waals surface area contributed by atoms with E-state index in [1.165, 1.54) is 31.2 Å². The molecule has 6 heteroatoms. The molecule has 0 saturated heterocycles. The zero-order valence-corrected chi connectivity index (χ0v) is 12.4. The number of amides is 1. The summed E-state index contributed by atoms with van der Waals surface area (Å²) in [6.45, 7) is 1.43. The van der Waals surface area contributed by atoms with Gasteiger partial charge in [0.2, 0.25) is 5.91 Å². The normalized spacial score (nSPS) is 10.5. The van der Waals surface area contributed by atoms with Crippen molar-refractivity contribution >= 4 is 29.1 Å². The number of Topliss-reactive ketones (excluding diaryl/α,β-unsaturated/α-hetero) is 1. The second kappa shape index (κ2) is 7.13. The number of para-hydroxylation sites is 1. The molecule has 2 rings (SSSR count). The average Bonchev–Trinajstić information content (AvgIpc) is 2.53. The first kappa shape index (κ1) is 16.1. The Morgan fingerprint density at radius 1 is 1.09 bits per heavy atom. The van der Waals surface area contributed by atoms with Crippen molar-refractivity contribution in [1.82, 2.24) is 0 Å². The lowest BCUT2D eigenvalue weighted by Crippen LogP contribution is -2.11. The van der Waals surface area contributed by atoms with E-state index in [4.69, 9.17) is 0 Å². The van der Waals surface area contributed by atoms with Crippen LogP contribution in [0.4, 0.5) is 11.4 Å².